The second kappa shape index (κ2) is 8.05. The highest BCUT2D eigenvalue weighted by atomic mass is 35.5. The van der Waals surface area contributed by atoms with E-state index in [0.717, 1.165) is 35.7 Å². The Bertz CT molecular complexity index is 1000. The van der Waals surface area contributed by atoms with E-state index < -0.39 is 5.41 Å². The van der Waals surface area contributed by atoms with Gasteiger partial charge in [-0.3, -0.25) is 19.3 Å². The lowest BCUT2D eigenvalue weighted by Gasteiger charge is -2.18. The first kappa shape index (κ1) is 19.7. The summed E-state index contributed by atoms with van der Waals surface area (Å²) in [4.78, 5) is 39.1. The molecule has 1 aliphatic heterocycles. The Morgan fingerprint density at radius 3 is 2.59 bits per heavy atom. The fraction of sp³-hybridized carbons (Fsp3) is 0.227. The first-order chi connectivity index (χ1) is 14.0. The summed E-state index contributed by atoms with van der Waals surface area (Å²) in [6.07, 6.45) is 3.24. The van der Waals surface area contributed by atoms with Crippen LogP contribution in [0.1, 0.15) is 24.0 Å². The van der Waals surface area contributed by atoms with Crippen molar-refractivity contribution in [2.75, 3.05) is 13.1 Å². The number of benzene rings is 2. The van der Waals surface area contributed by atoms with Gasteiger partial charge in [0.05, 0.1) is 10.3 Å². The minimum atomic E-state index is -0.545. The van der Waals surface area contributed by atoms with Crippen LogP contribution >= 0.6 is 23.4 Å². The van der Waals surface area contributed by atoms with Gasteiger partial charge >= 0.3 is 0 Å². The van der Waals surface area contributed by atoms with E-state index in [9.17, 15) is 14.4 Å². The van der Waals surface area contributed by atoms with Crippen molar-refractivity contribution < 1.29 is 14.4 Å². The van der Waals surface area contributed by atoms with Gasteiger partial charge in [0.1, 0.15) is 0 Å². The highest BCUT2D eigenvalue weighted by Crippen LogP contribution is 2.48. The van der Waals surface area contributed by atoms with E-state index in [1.165, 1.54) is 4.90 Å². The lowest BCUT2D eigenvalue weighted by molar-refractivity contribution is -0.125. The molecule has 29 heavy (non-hydrogen) atoms. The van der Waals surface area contributed by atoms with E-state index in [1.54, 1.807) is 12.1 Å². The third-order valence-electron chi connectivity index (χ3n) is 5.15. The highest BCUT2D eigenvalue weighted by Gasteiger charge is 2.51. The Morgan fingerprint density at radius 2 is 1.90 bits per heavy atom. The number of nitrogens with one attached hydrogen (secondary N) is 1. The van der Waals surface area contributed by atoms with Crippen molar-refractivity contribution in [2.24, 2.45) is 0 Å². The van der Waals surface area contributed by atoms with Crippen LogP contribution in [0.15, 0.2) is 59.5 Å². The van der Waals surface area contributed by atoms with Crippen molar-refractivity contribution in [3.05, 3.63) is 75.7 Å². The van der Waals surface area contributed by atoms with E-state index in [1.807, 2.05) is 48.5 Å². The van der Waals surface area contributed by atoms with Gasteiger partial charge in [0.25, 0.3) is 11.1 Å². The van der Waals surface area contributed by atoms with Gasteiger partial charge in [0, 0.05) is 18.1 Å². The molecule has 1 saturated heterocycles. The van der Waals surface area contributed by atoms with Crippen molar-refractivity contribution in [3.8, 4) is 0 Å². The van der Waals surface area contributed by atoms with Gasteiger partial charge in [0.15, 0.2) is 0 Å². The Hall–Kier alpha value is -2.57. The number of carbonyl (C=O) groups is 3. The van der Waals surface area contributed by atoms with E-state index >= 15 is 0 Å². The summed E-state index contributed by atoms with van der Waals surface area (Å²) in [7, 11) is 0. The zero-order chi connectivity index (χ0) is 20.4. The average molecular weight is 427 g/mol. The number of hydrogen-bond acceptors (Lipinski definition) is 4. The largest absolute Gasteiger partial charge is 0.354 e. The van der Waals surface area contributed by atoms with Gasteiger partial charge in [-0.1, -0.05) is 54.1 Å². The van der Waals surface area contributed by atoms with E-state index in [2.05, 4.69) is 5.32 Å². The number of nitrogens with zero attached hydrogens (tertiary/aromatic N) is 1. The zero-order valence-corrected chi connectivity index (χ0v) is 17.1. The van der Waals surface area contributed by atoms with Crippen LogP contribution in [0, 0.1) is 0 Å². The molecule has 0 aromatic heterocycles. The monoisotopic (exact) mass is 426 g/mol. The summed E-state index contributed by atoms with van der Waals surface area (Å²) < 4.78 is 0. The topological polar surface area (TPSA) is 66.5 Å². The van der Waals surface area contributed by atoms with Crippen LogP contribution in [0.5, 0.6) is 0 Å². The summed E-state index contributed by atoms with van der Waals surface area (Å²) >= 11 is 6.98. The number of amides is 3. The van der Waals surface area contributed by atoms with Crippen LogP contribution in [0.4, 0.5) is 4.79 Å². The first-order valence-corrected chi connectivity index (χ1v) is 10.5. The third kappa shape index (κ3) is 4.09. The molecule has 2 aliphatic rings. The standard InChI is InChI=1S/C22H19ClN2O3S/c23-17-8-4-7-16(14-17)22(9-10-22)20(27)24-11-12-25-19(26)18(29-21(25)28)13-15-5-2-1-3-6-15/h1-8,13-14H,9-12H2,(H,24,27)/b18-13-. The van der Waals surface area contributed by atoms with Gasteiger partial charge in [0.2, 0.25) is 5.91 Å². The maximum Gasteiger partial charge on any atom is 0.293 e. The number of carbonyl (C=O) groups excluding carboxylic acids is 3. The molecular weight excluding hydrogens is 408 g/mol. The van der Waals surface area contributed by atoms with Crippen molar-refractivity contribution >= 4 is 46.5 Å². The number of halogens is 1. The molecule has 3 amide bonds. The molecule has 7 heteroatoms. The molecule has 1 aliphatic carbocycles. The lowest BCUT2D eigenvalue weighted by atomic mass is 9.95. The normalized spacial score (nSPS) is 18.9. The summed E-state index contributed by atoms with van der Waals surface area (Å²) in [6, 6.07) is 16.7. The summed E-state index contributed by atoms with van der Waals surface area (Å²) in [6.45, 7) is 0.367. The minimum absolute atomic E-state index is 0.0911. The van der Waals surface area contributed by atoms with Crippen molar-refractivity contribution in [3.63, 3.8) is 0 Å². The number of thioether (sulfide) groups is 1. The average Bonchev–Trinajstić information content (AvgIpc) is 3.48. The van der Waals surface area contributed by atoms with Crippen LogP contribution in [0.25, 0.3) is 6.08 Å². The maximum atomic E-state index is 12.7. The van der Waals surface area contributed by atoms with Gasteiger partial charge in [-0.15, -0.1) is 0 Å². The molecule has 0 atom stereocenters. The summed E-state index contributed by atoms with van der Waals surface area (Å²) in [5, 5.41) is 3.16. The fourth-order valence-corrected chi connectivity index (χ4v) is 4.46. The SMILES string of the molecule is O=C1S/C(=C\c2ccccc2)C(=O)N1CCNC(=O)C1(c2cccc(Cl)c2)CC1. The Morgan fingerprint density at radius 1 is 1.14 bits per heavy atom. The van der Waals surface area contributed by atoms with Gasteiger partial charge in [-0.05, 0) is 53.9 Å². The molecule has 1 saturated carbocycles. The molecule has 1 heterocycles. The molecule has 2 fully saturated rings. The first-order valence-electron chi connectivity index (χ1n) is 9.34. The van der Waals surface area contributed by atoms with Gasteiger partial charge < -0.3 is 5.32 Å². The van der Waals surface area contributed by atoms with Crippen LogP contribution < -0.4 is 5.32 Å². The highest BCUT2D eigenvalue weighted by molar-refractivity contribution is 8.18. The Balaban J connectivity index is 1.36. The zero-order valence-electron chi connectivity index (χ0n) is 15.6. The molecule has 148 valence electrons. The van der Waals surface area contributed by atoms with Crippen LogP contribution in [-0.2, 0) is 15.0 Å². The predicted molar refractivity (Wildman–Crippen MR) is 114 cm³/mol. The van der Waals surface area contributed by atoms with Gasteiger partial charge in [-0.25, -0.2) is 0 Å². The van der Waals surface area contributed by atoms with Crippen molar-refractivity contribution in [1.82, 2.24) is 10.2 Å². The molecule has 0 unspecified atom stereocenters. The molecule has 0 spiro atoms. The van der Waals surface area contributed by atoms with Gasteiger partial charge in [-0.2, -0.15) is 0 Å². The fourth-order valence-electron chi connectivity index (χ4n) is 3.40. The van der Waals surface area contributed by atoms with Crippen LogP contribution in [0.3, 0.4) is 0 Å². The molecule has 0 radical (unpaired) electrons. The van der Waals surface area contributed by atoms with E-state index in [0.29, 0.717) is 9.93 Å². The molecule has 5 nitrogen and oxygen atoms in total. The number of rotatable bonds is 6. The van der Waals surface area contributed by atoms with E-state index in [4.69, 9.17) is 11.6 Å². The summed E-state index contributed by atoms with van der Waals surface area (Å²) in [5.74, 6) is -0.416. The Labute approximate surface area is 178 Å². The molecule has 2 aromatic rings. The molecule has 0 bridgehead atoms. The molecule has 2 aromatic carbocycles. The molecule has 4 rings (SSSR count). The van der Waals surface area contributed by atoms with Crippen LogP contribution in [-0.4, -0.2) is 35.0 Å². The minimum Gasteiger partial charge on any atom is -0.354 e. The second-order valence-corrected chi connectivity index (χ2v) is 8.52. The van der Waals surface area contributed by atoms with Crippen molar-refractivity contribution in [1.29, 1.82) is 0 Å². The van der Waals surface area contributed by atoms with Crippen LogP contribution in [0.2, 0.25) is 5.02 Å². The van der Waals surface area contributed by atoms with E-state index in [-0.39, 0.29) is 30.1 Å². The van der Waals surface area contributed by atoms with Crippen molar-refractivity contribution in [2.45, 2.75) is 18.3 Å². The quantitative estimate of drug-likeness (QED) is 0.702. The Kier molecular flexibility index (Phi) is 5.48. The summed E-state index contributed by atoms with van der Waals surface area (Å²) in [5.41, 5.74) is 1.22. The smallest absolute Gasteiger partial charge is 0.293 e. The second-order valence-electron chi connectivity index (χ2n) is 7.09. The third-order valence-corrected chi connectivity index (χ3v) is 6.30. The number of hydrogen-bond donors (Lipinski definition) is 1. The molecular formula is C22H19ClN2O3S. The predicted octanol–water partition coefficient (Wildman–Crippen LogP) is 4.22. The lowest BCUT2D eigenvalue weighted by Crippen LogP contribution is -2.41. The molecule has 1 N–H and O–H groups in total. The maximum absolute atomic E-state index is 12.7. The number of imide groups is 1.